The van der Waals surface area contributed by atoms with Crippen LogP contribution in [0.25, 0.3) is 0 Å². The van der Waals surface area contributed by atoms with Gasteiger partial charge in [0.25, 0.3) is 0 Å². The highest BCUT2D eigenvalue weighted by atomic mass is 31.2. The van der Waals surface area contributed by atoms with Crippen LogP contribution in [0, 0.1) is 0 Å². The SMILES string of the molecule is COP(CC(=O)c1ccccn1)OC. The molecule has 4 nitrogen and oxygen atoms in total. The van der Waals surface area contributed by atoms with Crippen molar-refractivity contribution in [1.29, 1.82) is 0 Å². The summed E-state index contributed by atoms with van der Waals surface area (Å²) in [4.78, 5) is 15.5. The molecule has 0 amide bonds. The van der Waals surface area contributed by atoms with E-state index in [0.717, 1.165) is 0 Å². The summed E-state index contributed by atoms with van der Waals surface area (Å²) in [6.07, 6.45) is 1.84. The molecule has 0 saturated carbocycles. The Morgan fingerprint density at radius 1 is 1.43 bits per heavy atom. The van der Waals surface area contributed by atoms with E-state index in [0.29, 0.717) is 5.69 Å². The number of aromatic nitrogens is 1. The fraction of sp³-hybridized carbons (Fsp3) is 0.333. The fourth-order valence-corrected chi connectivity index (χ4v) is 1.73. The van der Waals surface area contributed by atoms with Gasteiger partial charge in [0, 0.05) is 20.4 Å². The zero-order valence-electron chi connectivity index (χ0n) is 8.14. The van der Waals surface area contributed by atoms with Gasteiger partial charge in [-0.15, -0.1) is 0 Å². The average molecular weight is 213 g/mol. The van der Waals surface area contributed by atoms with Crippen molar-refractivity contribution in [2.75, 3.05) is 20.4 Å². The zero-order valence-corrected chi connectivity index (χ0v) is 9.03. The lowest BCUT2D eigenvalue weighted by Crippen LogP contribution is -2.07. The number of carbonyl (C=O) groups is 1. The molecule has 0 bridgehead atoms. The summed E-state index contributed by atoms with van der Waals surface area (Å²) in [5.41, 5.74) is 0.453. The van der Waals surface area contributed by atoms with E-state index in [1.54, 1.807) is 24.4 Å². The Labute approximate surface area is 84.2 Å². The van der Waals surface area contributed by atoms with Crippen LogP contribution in [0.3, 0.4) is 0 Å². The number of hydrogen-bond donors (Lipinski definition) is 0. The second kappa shape index (κ2) is 5.81. The molecule has 0 saturated heterocycles. The predicted octanol–water partition coefficient (Wildman–Crippen LogP) is 1.87. The van der Waals surface area contributed by atoms with Gasteiger partial charge in [0.2, 0.25) is 0 Å². The lowest BCUT2D eigenvalue weighted by atomic mass is 10.3. The third-order valence-corrected chi connectivity index (χ3v) is 2.99. The minimum atomic E-state index is -1.11. The van der Waals surface area contributed by atoms with E-state index < -0.39 is 8.38 Å². The maximum atomic E-state index is 11.6. The molecule has 1 heterocycles. The number of ketones is 1. The Hall–Kier alpha value is -0.830. The Morgan fingerprint density at radius 3 is 2.64 bits per heavy atom. The van der Waals surface area contributed by atoms with Crippen LogP contribution in [-0.4, -0.2) is 31.1 Å². The molecule has 0 aliphatic carbocycles. The van der Waals surface area contributed by atoms with E-state index in [1.807, 2.05) is 0 Å². The second-order valence-electron chi connectivity index (χ2n) is 2.49. The molecular formula is C9H12NO3P. The largest absolute Gasteiger partial charge is 0.337 e. The lowest BCUT2D eigenvalue weighted by molar-refractivity contribution is 0.101. The topological polar surface area (TPSA) is 48.4 Å². The molecule has 14 heavy (non-hydrogen) atoms. The summed E-state index contributed by atoms with van der Waals surface area (Å²) < 4.78 is 9.97. The summed E-state index contributed by atoms with van der Waals surface area (Å²) in [5.74, 6) is -0.0552. The quantitative estimate of drug-likeness (QED) is 0.553. The first kappa shape index (κ1) is 11.2. The van der Waals surface area contributed by atoms with Gasteiger partial charge in [0.15, 0.2) is 14.2 Å². The first-order valence-corrected chi connectivity index (χ1v) is 5.44. The molecule has 0 aromatic carbocycles. The smallest absolute Gasteiger partial charge is 0.190 e. The Bertz CT molecular complexity index is 287. The Morgan fingerprint density at radius 2 is 2.14 bits per heavy atom. The average Bonchev–Trinajstić information content (AvgIpc) is 2.26. The Kier molecular flexibility index (Phi) is 4.66. The molecule has 1 rings (SSSR count). The monoisotopic (exact) mass is 213 g/mol. The van der Waals surface area contributed by atoms with E-state index in [4.69, 9.17) is 9.05 Å². The van der Waals surface area contributed by atoms with Gasteiger partial charge in [-0.05, 0) is 12.1 Å². The van der Waals surface area contributed by atoms with Crippen LogP contribution in [0.4, 0.5) is 0 Å². The molecule has 0 fully saturated rings. The third-order valence-electron chi connectivity index (χ3n) is 1.63. The molecule has 0 atom stereocenters. The van der Waals surface area contributed by atoms with Crippen LogP contribution in [0.2, 0.25) is 0 Å². The van der Waals surface area contributed by atoms with Crippen molar-refractivity contribution < 1.29 is 13.8 Å². The van der Waals surface area contributed by atoms with Crippen molar-refractivity contribution >= 4 is 14.2 Å². The van der Waals surface area contributed by atoms with Gasteiger partial charge in [-0.2, -0.15) is 0 Å². The minimum Gasteiger partial charge on any atom is -0.337 e. The molecule has 1 aromatic rings. The van der Waals surface area contributed by atoms with Crippen molar-refractivity contribution in [2.45, 2.75) is 0 Å². The highest BCUT2D eigenvalue weighted by molar-refractivity contribution is 7.48. The second-order valence-corrected chi connectivity index (χ2v) is 4.21. The van der Waals surface area contributed by atoms with Crippen LogP contribution >= 0.6 is 8.38 Å². The number of carbonyl (C=O) groups excluding carboxylic acids is 1. The van der Waals surface area contributed by atoms with E-state index in [1.165, 1.54) is 14.2 Å². The fourth-order valence-electron chi connectivity index (χ4n) is 0.930. The van der Waals surface area contributed by atoms with Gasteiger partial charge in [0.1, 0.15) is 5.69 Å². The molecule has 0 unspecified atom stereocenters. The summed E-state index contributed by atoms with van der Waals surface area (Å²) in [6.45, 7) is 0. The molecule has 0 radical (unpaired) electrons. The number of nitrogens with zero attached hydrogens (tertiary/aromatic N) is 1. The molecule has 0 spiro atoms. The van der Waals surface area contributed by atoms with Gasteiger partial charge in [-0.1, -0.05) is 6.07 Å². The first-order valence-electron chi connectivity index (χ1n) is 4.08. The van der Waals surface area contributed by atoms with E-state index >= 15 is 0 Å². The molecule has 0 aliphatic rings. The summed E-state index contributed by atoms with van der Waals surface area (Å²) in [6, 6.07) is 5.23. The van der Waals surface area contributed by atoms with Gasteiger partial charge >= 0.3 is 0 Å². The van der Waals surface area contributed by atoms with Crippen LogP contribution in [0.1, 0.15) is 10.5 Å². The van der Waals surface area contributed by atoms with Crippen molar-refractivity contribution in [3.63, 3.8) is 0 Å². The molecule has 76 valence electrons. The molecule has 0 N–H and O–H groups in total. The molecule has 1 aromatic heterocycles. The van der Waals surface area contributed by atoms with E-state index in [-0.39, 0.29) is 11.9 Å². The van der Waals surface area contributed by atoms with Crippen molar-refractivity contribution in [2.24, 2.45) is 0 Å². The summed E-state index contributed by atoms with van der Waals surface area (Å²) in [5, 5.41) is 0. The minimum absolute atomic E-state index is 0.0552. The lowest BCUT2D eigenvalue weighted by Gasteiger charge is -2.10. The number of hydrogen-bond acceptors (Lipinski definition) is 4. The van der Waals surface area contributed by atoms with Gasteiger partial charge in [0.05, 0.1) is 6.16 Å². The first-order chi connectivity index (χ1) is 6.77. The standard InChI is InChI=1S/C9H12NO3P/c1-12-14(13-2)7-9(11)8-5-3-4-6-10-8/h3-6H,7H2,1-2H3. The van der Waals surface area contributed by atoms with Crippen LogP contribution in [0.5, 0.6) is 0 Å². The molecule has 5 heteroatoms. The van der Waals surface area contributed by atoms with Crippen LogP contribution < -0.4 is 0 Å². The van der Waals surface area contributed by atoms with Gasteiger partial charge in [-0.3, -0.25) is 9.78 Å². The molecular weight excluding hydrogens is 201 g/mol. The third kappa shape index (κ3) is 3.14. The highest BCUT2D eigenvalue weighted by Crippen LogP contribution is 2.36. The predicted molar refractivity (Wildman–Crippen MR) is 54.4 cm³/mol. The molecule has 0 aliphatic heterocycles. The normalized spacial score (nSPS) is 10.5. The summed E-state index contributed by atoms with van der Waals surface area (Å²) >= 11 is 0. The number of Topliss-reactive ketones (excluding diaryl/α,β-unsaturated/α-hetero) is 1. The summed E-state index contributed by atoms with van der Waals surface area (Å²) in [7, 11) is 1.95. The number of pyridine rings is 1. The van der Waals surface area contributed by atoms with E-state index in [9.17, 15) is 4.79 Å². The highest BCUT2D eigenvalue weighted by Gasteiger charge is 2.15. The van der Waals surface area contributed by atoms with Crippen LogP contribution in [-0.2, 0) is 9.05 Å². The van der Waals surface area contributed by atoms with Crippen molar-refractivity contribution in [3.05, 3.63) is 30.1 Å². The van der Waals surface area contributed by atoms with Crippen LogP contribution in [0.15, 0.2) is 24.4 Å². The van der Waals surface area contributed by atoms with Gasteiger partial charge < -0.3 is 9.05 Å². The van der Waals surface area contributed by atoms with Crippen molar-refractivity contribution in [1.82, 2.24) is 4.98 Å². The van der Waals surface area contributed by atoms with Crippen molar-refractivity contribution in [3.8, 4) is 0 Å². The van der Waals surface area contributed by atoms with E-state index in [2.05, 4.69) is 4.98 Å². The zero-order chi connectivity index (χ0) is 10.4. The maximum Gasteiger partial charge on any atom is 0.190 e. The number of rotatable bonds is 5. The Balaban J connectivity index is 2.59. The van der Waals surface area contributed by atoms with Gasteiger partial charge in [-0.25, -0.2) is 0 Å². The maximum absolute atomic E-state index is 11.6.